The van der Waals surface area contributed by atoms with Crippen molar-refractivity contribution in [1.82, 2.24) is 0 Å². The number of ether oxygens (including phenoxy) is 2. The van der Waals surface area contributed by atoms with E-state index in [0.29, 0.717) is 30.6 Å². The number of nitrogens with two attached hydrogens (primary N) is 1. The van der Waals surface area contributed by atoms with E-state index in [2.05, 4.69) is 19.1 Å². The molecule has 4 heteroatoms. The summed E-state index contributed by atoms with van der Waals surface area (Å²) in [7, 11) is 0. The van der Waals surface area contributed by atoms with Gasteiger partial charge < -0.3 is 15.2 Å². The third-order valence-corrected chi connectivity index (χ3v) is 6.90. The van der Waals surface area contributed by atoms with E-state index >= 15 is 0 Å². The fourth-order valence-electron chi connectivity index (χ4n) is 5.25. The van der Waals surface area contributed by atoms with Crippen LogP contribution < -0.4 is 10.5 Å². The van der Waals surface area contributed by atoms with E-state index in [4.69, 9.17) is 15.2 Å². The van der Waals surface area contributed by atoms with Gasteiger partial charge in [0.1, 0.15) is 5.75 Å². The maximum atomic E-state index is 12.3. The van der Waals surface area contributed by atoms with Crippen LogP contribution in [0.4, 0.5) is 0 Å². The molecule has 1 aromatic carbocycles. The number of benzene rings is 1. The largest absolute Gasteiger partial charge is 0.427 e. The minimum absolute atomic E-state index is 0.0135. The zero-order valence-corrected chi connectivity index (χ0v) is 15.8. The lowest BCUT2D eigenvalue weighted by molar-refractivity contribution is -0.135. The summed E-state index contributed by atoms with van der Waals surface area (Å²) in [5.41, 5.74) is 9.42. The van der Waals surface area contributed by atoms with E-state index in [-0.39, 0.29) is 17.4 Å². The lowest BCUT2D eigenvalue weighted by Gasteiger charge is -2.47. The Morgan fingerprint density at radius 2 is 2.19 bits per heavy atom. The third kappa shape index (κ3) is 3.41. The van der Waals surface area contributed by atoms with Crippen LogP contribution in [-0.4, -0.2) is 25.2 Å². The lowest BCUT2D eigenvalue weighted by Crippen LogP contribution is -2.52. The van der Waals surface area contributed by atoms with Crippen LogP contribution in [0, 0.1) is 11.8 Å². The van der Waals surface area contributed by atoms with E-state index < -0.39 is 0 Å². The molecule has 2 bridgehead atoms. The zero-order chi connectivity index (χ0) is 18.1. The third-order valence-electron chi connectivity index (χ3n) is 6.90. The molecular formula is C22H31NO3. The summed E-state index contributed by atoms with van der Waals surface area (Å²) >= 11 is 0. The summed E-state index contributed by atoms with van der Waals surface area (Å²) in [6, 6.07) is 6.41. The van der Waals surface area contributed by atoms with E-state index in [1.807, 2.05) is 6.07 Å². The highest BCUT2D eigenvalue weighted by Crippen LogP contribution is 2.46. The number of fused-ring (bicyclic) bond motifs is 4. The molecular weight excluding hydrogens is 326 g/mol. The first-order valence-electron chi connectivity index (χ1n) is 10.2. The second kappa shape index (κ2) is 7.32. The predicted octanol–water partition coefficient (Wildman–Crippen LogP) is 3.74. The first-order chi connectivity index (χ1) is 12.6. The minimum Gasteiger partial charge on any atom is -0.427 e. The molecule has 1 saturated carbocycles. The number of carbonyl (C=O) groups excluding carboxylic acids is 1. The number of carbonyl (C=O) groups is 1. The summed E-state index contributed by atoms with van der Waals surface area (Å²) in [5.74, 6) is 1.39. The van der Waals surface area contributed by atoms with Gasteiger partial charge in [0.05, 0.1) is 13.0 Å². The summed E-state index contributed by atoms with van der Waals surface area (Å²) < 4.78 is 11.0. The monoisotopic (exact) mass is 357 g/mol. The van der Waals surface area contributed by atoms with Gasteiger partial charge in [-0.2, -0.15) is 0 Å². The van der Waals surface area contributed by atoms with E-state index in [0.717, 1.165) is 25.9 Å². The van der Waals surface area contributed by atoms with E-state index in [1.165, 1.54) is 36.8 Å². The quantitative estimate of drug-likeness (QED) is 0.661. The second-order valence-corrected chi connectivity index (χ2v) is 8.73. The van der Waals surface area contributed by atoms with Gasteiger partial charge in [-0.15, -0.1) is 0 Å². The SMILES string of the molecule is C[C@@]12CCCCC[C@@H](Cc3ccc(OC(=O)CC4CCOC4)cc31)[C@@H]2N. The van der Waals surface area contributed by atoms with Crippen molar-refractivity contribution in [1.29, 1.82) is 0 Å². The van der Waals surface area contributed by atoms with Gasteiger partial charge in [0.25, 0.3) is 0 Å². The van der Waals surface area contributed by atoms with Crippen molar-refractivity contribution in [2.24, 2.45) is 17.6 Å². The maximum absolute atomic E-state index is 12.3. The molecule has 0 spiro atoms. The smallest absolute Gasteiger partial charge is 0.311 e. The van der Waals surface area contributed by atoms with Crippen LogP contribution in [0.3, 0.4) is 0 Å². The number of hydrogen-bond donors (Lipinski definition) is 1. The molecule has 1 saturated heterocycles. The highest BCUT2D eigenvalue weighted by atomic mass is 16.5. The molecule has 4 atom stereocenters. The average molecular weight is 357 g/mol. The molecule has 1 aromatic rings. The molecule has 1 aliphatic heterocycles. The highest BCUT2D eigenvalue weighted by molar-refractivity contribution is 5.72. The van der Waals surface area contributed by atoms with Gasteiger partial charge >= 0.3 is 5.97 Å². The molecule has 4 nitrogen and oxygen atoms in total. The van der Waals surface area contributed by atoms with Gasteiger partial charge in [0, 0.05) is 18.1 Å². The van der Waals surface area contributed by atoms with Gasteiger partial charge in [-0.3, -0.25) is 4.79 Å². The van der Waals surface area contributed by atoms with E-state index in [9.17, 15) is 4.79 Å². The van der Waals surface area contributed by atoms with E-state index in [1.54, 1.807) is 0 Å². The normalized spacial score (nSPS) is 33.8. The lowest BCUT2D eigenvalue weighted by atomic mass is 9.60. The summed E-state index contributed by atoms with van der Waals surface area (Å²) in [5, 5.41) is 0. The van der Waals surface area contributed by atoms with Gasteiger partial charge in [0.15, 0.2) is 0 Å². The van der Waals surface area contributed by atoms with Crippen molar-refractivity contribution >= 4 is 5.97 Å². The molecule has 26 heavy (non-hydrogen) atoms. The van der Waals surface area contributed by atoms with Gasteiger partial charge in [-0.05, 0) is 60.8 Å². The fraction of sp³-hybridized carbons (Fsp3) is 0.682. The fourth-order valence-corrected chi connectivity index (χ4v) is 5.25. The molecule has 1 heterocycles. The van der Waals surface area contributed by atoms with Crippen LogP contribution in [0.15, 0.2) is 18.2 Å². The molecule has 142 valence electrons. The van der Waals surface area contributed by atoms with Crippen molar-refractivity contribution in [3.8, 4) is 5.75 Å². The molecule has 2 aliphatic carbocycles. The van der Waals surface area contributed by atoms with Crippen LogP contribution in [0.2, 0.25) is 0 Å². The van der Waals surface area contributed by atoms with Crippen molar-refractivity contribution < 1.29 is 14.3 Å². The topological polar surface area (TPSA) is 61.5 Å². The molecule has 4 rings (SSSR count). The minimum atomic E-state index is -0.152. The van der Waals surface area contributed by atoms with Crippen molar-refractivity contribution in [3.63, 3.8) is 0 Å². The first-order valence-corrected chi connectivity index (χ1v) is 10.2. The molecule has 1 unspecified atom stereocenters. The van der Waals surface area contributed by atoms with Crippen LogP contribution in [0.25, 0.3) is 0 Å². The van der Waals surface area contributed by atoms with Gasteiger partial charge in [-0.25, -0.2) is 0 Å². The number of hydrogen-bond acceptors (Lipinski definition) is 4. The van der Waals surface area contributed by atoms with Crippen LogP contribution in [-0.2, 0) is 21.4 Å². The second-order valence-electron chi connectivity index (χ2n) is 8.73. The summed E-state index contributed by atoms with van der Waals surface area (Å²) in [6.45, 7) is 3.75. The van der Waals surface area contributed by atoms with Crippen molar-refractivity contribution in [2.75, 3.05) is 13.2 Å². The predicted molar refractivity (Wildman–Crippen MR) is 101 cm³/mol. The summed E-state index contributed by atoms with van der Waals surface area (Å²) in [4.78, 5) is 12.3. The molecule has 2 N–H and O–H groups in total. The maximum Gasteiger partial charge on any atom is 0.311 e. The Morgan fingerprint density at radius 1 is 1.31 bits per heavy atom. The Morgan fingerprint density at radius 3 is 3.00 bits per heavy atom. The van der Waals surface area contributed by atoms with Crippen molar-refractivity contribution in [2.45, 2.75) is 69.7 Å². The number of esters is 1. The van der Waals surface area contributed by atoms with Crippen molar-refractivity contribution in [3.05, 3.63) is 29.3 Å². The number of rotatable bonds is 3. The first kappa shape index (κ1) is 18.0. The van der Waals surface area contributed by atoms with Crippen LogP contribution in [0.5, 0.6) is 5.75 Å². The van der Waals surface area contributed by atoms with Gasteiger partial charge in [0.2, 0.25) is 0 Å². The highest BCUT2D eigenvalue weighted by Gasteiger charge is 2.43. The Balaban J connectivity index is 1.55. The average Bonchev–Trinajstić information content (AvgIpc) is 3.12. The Hall–Kier alpha value is -1.39. The van der Waals surface area contributed by atoms with Crippen LogP contribution >= 0.6 is 0 Å². The molecule has 0 radical (unpaired) electrons. The molecule has 0 aromatic heterocycles. The van der Waals surface area contributed by atoms with Crippen LogP contribution in [0.1, 0.15) is 63.0 Å². The molecule has 3 aliphatic rings. The Labute approximate surface area is 156 Å². The molecule has 0 amide bonds. The standard InChI is InChI=1S/C22H31NO3/c1-22-9-4-2-3-5-17(21(22)23)12-16-6-7-18(13-19(16)22)26-20(24)11-15-8-10-25-14-15/h6-7,13,15,17,21H,2-5,8-12,14,23H2,1H3/t15?,17-,21-,22+/m0/s1. The Bertz CT molecular complexity index is 667. The Kier molecular flexibility index (Phi) is 5.07. The molecule has 2 fully saturated rings. The zero-order valence-electron chi connectivity index (χ0n) is 15.8. The van der Waals surface area contributed by atoms with Gasteiger partial charge in [-0.1, -0.05) is 32.3 Å². The summed E-state index contributed by atoms with van der Waals surface area (Å²) in [6.07, 6.45) is 8.62.